The first-order chi connectivity index (χ1) is 11.6. The summed E-state index contributed by atoms with van der Waals surface area (Å²) in [6, 6.07) is 4.11. The van der Waals surface area contributed by atoms with Crippen LogP contribution < -0.4 is 5.32 Å². The lowest BCUT2D eigenvalue weighted by molar-refractivity contribution is -0.127. The molecule has 0 unspecified atom stereocenters. The first kappa shape index (κ1) is 17.0. The van der Waals surface area contributed by atoms with Crippen molar-refractivity contribution >= 4 is 29.1 Å². The fraction of sp³-hybridized carbons (Fsp3) is 0.444. The Labute approximate surface area is 145 Å². The SMILES string of the molecule is O=C(Nc1ccc(Cl)cc1F)C1=C(C(=O)N2CCCC2)CCCC1. The minimum Gasteiger partial charge on any atom is -0.339 e. The topological polar surface area (TPSA) is 49.4 Å². The highest BCUT2D eigenvalue weighted by Crippen LogP contribution is 2.29. The van der Waals surface area contributed by atoms with Gasteiger partial charge >= 0.3 is 0 Å². The molecule has 1 aliphatic carbocycles. The number of anilines is 1. The van der Waals surface area contributed by atoms with Gasteiger partial charge in [0.1, 0.15) is 5.82 Å². The zero-order chi connectivity index (χ0) is 17.1. The van der Waals surface area contributed by atoms with Crippen molar-refractivity contribution in [2.45, 2.75) is 38.5 Å². The largest absolute Gasteiger partial charge is 0.339 e. The Morgan fingerprint density at radius 2 is 1.71 bits per heavy atom. The van der Waals surface area contributed by atoms with Crippen molar-refractivity contribution in [1.29, 1.82) is 0 Å². The molecule has 1 aromatic rings. The minimum absolute atomic E-state index is 0.0334. The summed E-state index contributed by atoms with van der Waals surface area (Å²) in [5.41, 5.74) is 1.16. The molecule has 6 heteroatoms. The fourth-order valence-corrected chi connectivity index (χ4v) is 3.45. The van der Waals surface area contributed by atoms with Crippen LogP contribution in [0.1, 0.15) is 38.5 Å². The van der Waals surface area contributed by atoms with E-state index in [1.54, 1.807) is 0 Å². The van der Waals surface area contributed by atoms with Crippen LogP contribution in [0.5, 0.6) is 0 Å². The van der Waals surface area contributed by atoms with Crippen LogP contribution >= 0.6 is 11.6 Å². The van der Waals surface area contributed by atoms with Gasteiger partial charge in [0.05, 0.1) is 5.69 Å². The highest BCUT2D eigenvalue weighted by molar-refractivity contribution is 6.30. The monoisotopic (exact) mass is 350 g/mol. The van der Waals surface area contributed by atoms with Gasteiger partial charge in [0.2, 0.25) is 5.91 Å². The lowest BCUT2D eigenvalue weighted by Crippen LogP contribution is -2.32. The van der Waals surface area contributed by atoms with E-state index >= 15 is 0 Å². The molecule has 0 atom stereocenters. The van der Waals surface area contributed by atoms with E-state index in [9.17, 15) is 14.0 Å². The number of hydrogen-bond donors (Lipinski definition) is 1. The predicted octanol–water partition coefficient (Wildman–Crippen LogP) is 3.91. The number of nitrogens with zero attached hydrogens (tertiary/aromatic N) is 1. The maximum absolute atomic E-state index is 13.9. The van der Waals surface area contributed by atoms with Gasteiger partial charge in [-0.2, -0.15) is 0 Å². The van der Waals surface area contributed by atoms with Gasteiger partial charge in [0.25, 0.3) is 5.91 Å². The second-order valence-electron chi connectivity index (χ2n) is 6.24. The molecule has 1 N–H and O–H groups in total. The second kappa shape index (κ2) is 7.34. The zero-order valence-electron chi connectivity index (χ0n) is 13.4. The molecule has 128 valence electrons. The number of halogens is 2. The van der Waals surface area contributed by atoms with E-state index < -0.39 is 11.7 Å². The Morgan fingerprint density at radius 3 is 2.38 bits per heavy atom. The zero-order valence-corrected chi connectivity index (χ0v) is 14.2. The van der Waals surface area contributed by atoms with Crippen LogP contribution in [0.4, 0.5) is 10.1 Å². The van der Waals surface area contributed by atoms with Crippen molar-refractivity contribution < 1.29 is 14.0 Å². The van der Waals surface area contributed by atoms with Crippen LogP contribution in [0.15, 0.2) is 29.3 Å². The minimum atomic E-state index is -0.584. The third-order valence-electron chi connectivity index (χ3n) is 4.57. The van der Waals surface area contributed by atoms with Crippen LogP contribution in [0, 0.1) is 5.82 Å². The first-order valence-corrected chi connectivity index (χ1v) is 8.72. The number of likely N-dealkylation sites (tertiary alicyclic amines) is 1. The second-order valence-corrected chi connectivity index (χ2v) is 6.68. The molecule has 0 bridgehead atoms. The van der Waals surface area contributed by atoms with Crippen molar-refractivity contribution in [3.8, 4) is 0 Å². The van der Waals surface area contributed by atoms with Crippen LogP contribution in [0.25, 0.3) is 0 Å². The molecular formula is C18H20ClFN2O2. The highest BCUT2D eigenvalue weighted by atomic mass is 35.5. The summed E-state index contributed by atoms with van der Waals surface area (Å²) < 4.78 is 13.9. The molecule has 24 heavy (non-hydrogen) atoms. The Kier molecular flexibility index (Phi) is 5.19. The van der Waals surface area contributed by atoms with Crippen LogP contribution in [-0.4, -0.2) is 29.8 Å². The van der Waals surface area contributed by atoms with Gasteiger partial charge in [-0.15, -0.1) is 0 Å². The Hall–Kier alpha value is -1.88. The lowest BCUT2D eigenvalue weighted by Gasteiger charge is -2.23. The van der Waals surface area contributed by atoms with E-state index in [0.717, 1.165) is 44.8 Å². The van der Waals surface area contributed by atoms with Crippen molar-refractivity contribution in [2.24, 2.45) is 0 Å². The van der Waals surface area contributed by atoms with Crippen molar-refractivity contribution in [3.05, 3.63) is 40.2 Å². The fourth-order valence-electron chi connectivity index (χ4n) is 3.29. The van der Waals surface area contributed by atoms with E-state index in [1.807, 2.05) is 4.90 Å². The highest BCUT2D eigenvalue weighted by Gasteiger charge is 2.28. The third-order valence-corrected chi connectivity index (χ3v) is 4.81. The normalized spacial score (nSPS) is 18.0. The number of carbonyl (C=O) groups is 2. The Morgan fingerprint density at radius 1 is 1.04 bits per heavy atom. The van der Waals surface area contributed by atoms with Gasteiger partial charge in [-0.3, -0.25) is 9.59 Å². The van der Waals surface area contributed by atoms with E-state index in [0.29, 0.717) is 24.0 Å². The van der Waals surface area contributed by atoms with Crippen LogP contribution in [-0.2, 0) is 9.59 Å². The third kappa shape index (κ3) is 3.61. The lowest BCUT2D eigenvalue weighted by atomic mass is 9.90. The molecule has 1 aromatic carbocycles. The molecule has 3 rings (SSSR count). The number of carbonyl (C=O) groups excluding carboxylic acids is 2. The number of hydrogen-bond acceptors (Lipinski definition) is 2. The summed E-state index contributed by atoms with van der Waals surface area (Å²) in [4.78, 5) is 27.1. The Balaban J connectivity index is 1.83. The van der Waals surface area contributed by atoms with Crippen LogP contribution in [0.2, 0.25) is 5.02 Å². The molecule has 1 fully saturated rings. The molecule has 0 saturated carbocycles. The summed E-state index contributed by atoms with van der Waals surface area (Å²) in [5.74, 6) is -1.01. The number of nitrogens with one attached hydrogen (secondary N) is 1. The maximum atomic E-state index is 13.9. The molecular weight excluding hydrogens is 331 g/mol. The molecule has 1 aliphatic heterocycles. The van der Waals surface area contributed by atoms with Gasteiger partial charge in [-0.05, 0) is 56.7 Å². The average molecular weight is 351 g/mol. The molecule has 2 amide bonds. The summed E-state index contributed by atoms with van der Waals surface area (Å²) >= 11 is 5.73. The first-order valence-electron chi connectivity index (χ1n) is 8.34. The van der Waals surface area contributed by atoms with Gasteiger partial charge in [-0.1, -0.05) is 11.6 Å². The molecule has 0 spiro atoms. The molecule has 1 heterocycles. The van der Waals surface area contributed by atoms with Crippen molar-refractivity contribution in [1.82, 2.24) is 4.90 Å². The molecule has 0 radical (unpaired) electrons. The standard InChI is InChI=1S/C18H20ClFN2O2/c19-12-7-8-16(15(20)11-12)21-17(23)13-5-1-2-6-14(13)18(24)22-9-3-4-10-22/h7-8,11H,1-6,9-10H2,(H,21,23). The molecule has 4 nitrogen and oxygen atoms in total. The average Bonchev–Trinajstić information content (AvgIpc) is 3.11. The van der Waals surface area contributed by atoms with Gasteiger partial charge in [-0.25, -0.2) is 4.39 Å². The Bertz CT molecular complexity index is 696. The summed E-state index contributed by atoms with van der Waals surface area (Å²) in [6.07, 6.45) is 4.95. The van der Waals surface area contributed by atoms with Gasteiger partial charge in [0.15, 0.2) is 0 Å². The van der Waals surface area contributed by atoms with Crippen LogP contribution in [0.3, 0.4) is 0 Å². The van der Waals surface area contributed by atoms with E-state index in [2.05, 4.69) is 5.32 Å². The summed E-state index contributed by atoms with van der Waals surface area (Å²) in [5, 5.41) is 2.85. The van der Waals surface area contributed by atoms with Gasteiger partial charge in [0, 0.05) is 29.3 Å². The van der Waals surface area contributed by atoms with E-state index in [-0.39, 0.29) is 16.6 Å². The summed E-state index contributed by atoms with van der Waals surface area (Å²) in [6.45, 7) is 1.51. The van der Waals surface area contributed by atoms with Crippen molar-refractivity contribution in [2.75, 3.05) is 18.4 Å². The quantitative estimate of drug-likeness (QED) is 0.898. The smallest absolute Gasteiger partial charge is 0.252 e. The number of rotatable bonds is 3. The maximum Gasteiger partial charge on any atom is 0.252 e. The van der Waals surface area contributed by atoms with E-state index in [1.165, 1.54) is 12.1 Å². The number of amides is 2. The molecule has 1 saturated heterocycles. The van der Waals surface area contributed by atoms with Crippen molar-refractivity contribution in [3.63, 3.8) is 0 Å². The molecule has 2 aliphatic rings. The van der Waals surface area contributed by atoms with E-state index in [4.69, 9.17) is 11.6 Å². The summed E-state index contributed by atoms with van der Waals surface area (Å²) in [7, 11) is 0. The predicted molar refractivity (Wildman–Crippen MR) is 91.3 cm³/mol. The number of benzene rings is 1. The molecule has 0 aromatic heterocycles. The van der Waals surface area contributed by atoms with Gasteiger partial charge < -0.3 is 10.2 Å².